The number of likely N-dealkylation sites (tertiary alicyclic amines) is 1. The van der Waals surface area contributed by atoms with Crippen LogP contribution < -0.4 is 4.74 Å². The van der Waals surface area contributed by atoms with Crippen molar-refractivity contribution in [2.75, 3.05) is 13.1 Å². The van der Waals surface area contributed by atoms with Crippen LogP contribution in [0.4, 0.5) is 0 Å². The van der Waals surface area contributed by atoms with E-state index in [1.165, 1.54) is 0 Å². The predicted octanol–water partition coefficient (Wildman–Crippen LogP) is 3.46. The lowest BCUT2D eigenvalue weighted by molar-refractivity contribution is -0.143. The number of benzene rings is 1. The molecular formula is C22H26N2O4. The fraction of sp³-hybridized carbons (Fsp3) is 0.409. The molecule has 0 radical (unpaired) electrons. The van der Waals surface area contributed by atoms with E-state index in [0.29, 0.717) is 25.1 Å². The Balaban J connectivity index is 1.75. The largest absolute Gasteiger partial charge is 0.488 e. The SMILES string of the molecule is Cc1cc(C(=O)N2CC(C)CC(C(=O)O)C2)cc(C)c1OCc1cccnc1. The Bertz CT molecular complexity index is 843. The lowest BCUT2D eigenvalue weighted by Crippen LogP contribution is -2.45. The van der Waals surface area contributed by atoms with Crippen LogP contribution in [0.1, 0.15) is 40.4 Å². The van der Waals surface area contributed by atoms with Crippen LogP contribution in [0.15, 0.2) is 36.7 Å². The smallest absolute Gasteiger partial charge is 0.308 e. The first-order chi connectivity index (χ1) is 13.3. The molecule has 1 N–H and O–H groups in total. The molecule has 1 aliphatic rings. The van der Waals surface area contributed by atoms with Gasteiger partial charge in [-0.15, -0.1) is 0 Å². The molecule has 1 aromatic carbocycles. The lowest BCUT2D eigenvalue weighted by atomic mass is 9.90. The summed E-state index contributed by atoms with van der Waals surface area (Å²) in [5.74, 6) is -0.533. The summed E-state index contributed by atoms with van der Waals surface area (Å²) in [6, 6.07) is 7.46. The van der Waals surface area contributed by atoms with E-state index in [-0.39, 0.29) is 18.4 Å². The first-order valence-corrected chi connectivity index (χ1v) is 9.50. The Morgan fingerprint density at radius 1 is 1.25 bits per heavy atom. The van der Waals surface area contributed by atoms with E-state index >= 15 is 0 Å². The number of nitrogens with zero attached hydrogens (tertiary/aromatic N) is 2. The molecular weight excluding hydrogens is 356 g/mol. The van der Waals surface area contributed by atoms with Crippen molar-refractivity contribution in [1.82, 2.24) is 9.88 Å². The summed E-state index contributed by atoms with van der Waals surface area (Å²) < 4.78 is 5.96. The molecule has 0 bridgehead atoms. The van der Waals surface area contributed by atoms with Gasteiger partial charge in [0, 0.05) is 36.6 Å². The van der Waals surface area contributed by atoms with Gasteiger partial charge in [0.25, 0.3) is 5.91 Å². The Kier molecular flexibility index (Phi) is 5.97. The van der Waals surface area contributed by atoms with Crippen molar-refractivity contribution >= 4 is 11.9 Å². The van der Waals surface area contributed by atoms with Gasteiger partial charge in [-0.2, -0.15) is 0 Å². The number of ether oxygens (including phenoxy) is 1. The van der Waals surface area contributed by atoms with Gasteiger partial charge in [-0.3, -0.25) is 14.6 Å². The number of aliphatic carboxylic acids is 1. The van der Waals surface area contributed by atoms with Gasteiger partial charge in [-0.1, -0.05) is 13.0 Å². The van der Waals surface area contributed by atoms with Crippen molar-refractivity contribution in [3.05, 3.63) is 58.9 Å². The predicted molar refractivity (Wildman–Crippen MR) is 105 cm³/mol. The number of carbonyl (C=O) groups is 2. The zero-order chi connectivity index (χ0) is 20.3. The molecule has 2 aromatic rings. The fourth-order valence-electron chi connectivity index (χ4n) is 3.82. The third kappa shape index (κ3) is 4.50. The second-order valence-corrected chi connectivity index (χ2v) is 7.68. The minimum absolute atomic E-state index is 0.122. The van der Waals surface area contributed by atoms with Crippen LogP contribution in [0.5, 0.6) is 5.75 Å². The number of aryl methyl sites for hydroxylation is 2. The summed E-state index contributed by atoms with van der Waals surface area (Å²) in [6.07, 6.45) is 4.09. The zero-order valence-corrected chi connectivity index (χ0v) is 16.5. The molecule has 1 fully saturated rings. The summed E-state index contributed by atoms with van der Waals surface area (Å²) in [4.78, 5) is 30.1. The number of hydrogen-bond acceptors (Lipinski definition) is 4. The molecule has 3 rings (SSSR count). The summed E-state index contributed by atoms with van der Waals surface area (Å²) >= 11 is 0. The fourth-order valence-corrected chi connectivity index (χ4v) is 3.82. The molecule has 1 amide bonds. The highest BCUT2D eigenvalue weighted by Gasteiger charge is 2.32. The van der Waals surface area contributed by atoms with E-state index in [9.17, 15) is 14.7 Å². The molecule has 2 unspecified atom stereocenters. The van der Waals surface area contributed by atoms with Crippen LogP contribution in [0, 0.1) is 25.7 Å². The number of amides is 1. The van der Waals surface area contributed by atoms with Crippen molar-refractivity contribution in [2.45, 2.75) is 33.8 Å². The number of carboxylic acid groups (broad SMARTS) is 1. The van der Waals surface area contributed by atoms with Crippen LogP contribution in [0.2, 0.25) is 0 Å². The topological polar surface area (TPSA) is 79.7 Å². The minimum Gasteiger partial charge on any atom is -0.488 e. The number of pyridine rings is 1. The van der Waals surface area contributed by atoms with Crippen molar-refractivity contribution in [1.29, 1.82) is 0 Å². The highest BCUT2D eigenvalue weighted by molar-refractivity contribution is 5.95. The standard InChI is InChI=1S/C22H26N2O4/c1-14-7-19(22(26)27)12-24(11-14)21(25)18-8-15(2)20(16(3)9-18)28-13-17-5-4-6-23-10-17/h4-6,8-10,14,19H,7,11-13H2,1-3H3,(H,26,27). The quantitative estimate of drug-likeness (QED) is 0.857. The number of piperidine rings is 1. The Labute approximate surface area is 165 Å². The second kappa shape index (κ2) is 8.42. The summed E-state index contributed by atoms with van der Waals surface area (Å²) in [5, 5.41) is 9.34. The number of rotatable bonds is 5. The summed E-state index contributed by atoms with van der Waals surface area (Å²) in [6.45, 7) is 7.08. The lowest BCUT2D eigenvalue weighted by Gasteiger charge is -2.34. The number of hydrogen-bond donors (Lipinski definition) is 1. The molecule has 0 saturated carbocycles. The normalized spacial score (nSPS) is 19.3. The Morgan fingerprint density at radius 2 is 1.96 bits per heavy atom. The van der Waals surface area contributed by atoms with E-state index in [4.69, 9.17) is 4.74 Å². The maximum absolute atomic E-state index is 13.0. The van der Waals surface area contributed by atoms with E-state index in [1.807, 2.05) is 45.0 Å². The molecule has 0 aliphatic carbocycles. The molecule has 2 heterocycles. The molecule has 2 atom stereocenters. The van der Waals surface area contributed by atoms with Crippen LogP contribution in [-0.4, -0.2) is 40.0 Å². The monoisotopic (exact) mass is 382 g/mol. The van der Waals surface area contributed by atoms with Gasteiger partial charge in [-0.05, 0) is 55.5 Å². The zero-order valence-electron chi connectivity index (χ0n) is 16.5. The van der Waals surface area contributed by atoms with E-state index < -0.39 is 11.9 Å². The molecule has 148 valence electrons. The maximum Gasteiger partial charge on any atom is 0.308 e. The molecule has 6 heteroatoms. The van der Waals surface area contributed by atoms with Gasteiger partial charge < -0.3 is 14.7 Å². The van der Waals surface area contributed by atoms with Gasteiger partial charge in [0.05, 0.1) is 5.92 Å². The van der Waals surface area contributed by atoms with Crippen molar-refractivity contribution in [3.8, 4) is 5.75 Å². The molecule has 0 spiro atoms. The molecule has 6 nitrogen and oxygen atoms in total. The van der Waals surface area contributed by atoms with Gasteiger partial charge in [0.15, 0.2) is 0 Å². The average Bonchev–Trinajstić information content (AvgIpc) is 2.67. The number of carboxylic acids is 1. The highest BCUT2D eigenvalue weighted by Crippen LogP contribution is 2.28. The van der Waals surface area contributed by atoms with Crippen LogP contribution in [0.3, 0.4) is 0 Å². The average molecular weight is 382 g/mol. The van der Waals surface area contributed by atoms with Gasteiger partial charge >= 0.3 is 5.97 Å². The Hall–Kier alpha value is -2.89. The molecule has 1 aromatic heterocycles. The van der Waals surface area contributed by atoms with Crippen molar-refractivity contribution in [3.63, 3.8) is 0 Å². The second-order valence-electron chi connectivity index (χ2n) is 7.68. The van der Waals surface area contributed by atoms with Gasteiger partial charge in [-0.25, -0.2) is 0 Å². The van der Waals surface area contributed by atoms with Crippen molar-refractivity contribution < 1.29 is 19.4 Å². The van der Waals surface area contributed by atoms with Crippen LogP contribution in [0.25, 0.3) is 0 Å². The molecule has 1 aliphatic heterocycles. The third-order valence-corrected chi connectivity index (χ3v) is 5.11. The first-order valence-electron chi connectivity index (χ1n) is 9.50. The molecule has 1 saturated heterocycles. The summed E-state index contributed by atoms with van der Waals surface area (Å²) in [5.41, 5.74) is 3.31. The molecule has 28 heavy (non-hydrogen) atoms. The van der Waals surface area contributed by atoms with Crippen LogP contribution in [-0.2, 0) is 11.4 Å². The first kappa shape index (κ1) is 19.9. The van der Waals surface area contributed by atoms with Crippen LogP contribution >= 0.6 is 0 Å². The highest BCUT2D eigenvalue weighted by atomic mass is 16.5. The van der Waals surface area contributed by atoms with Crippen molar-refractivity contribution in [2.24, 2.45) is 11.8 Å². The summed E-state index contributed by atoms with van der Waals surface area (Å²) in [7, 11) is 0. The minimum atomic E-state index is -0.837. The third-order valence-electron chi connectivity index (χ3n) is 5.11. The van der Waals surface area contributed by atoms with Gasteiger partial charge in [0.1, 0.15) is 12.4 Å². The van der Waals surface area contributed by atoms with E-state index in [2.05, 4.69) is 4.98 Å². The number of carbonyl (C=O) groups excluding carboxylic acids is 1. The van der Waals surface area contributed by atoms with E-state index in [1.54, 1.807) is 17.3 Å². The Morgan fingerprint density at radius 3 is 2.57 bits per heavy atom. The number of aromatic nitrogens is 1. The van der Waals surface area contributed by atoms with E-state index in [0.717, 1.165) is 22.4 Å². The maximum atomic E-state index is 13.0. The van der Waals surface area contributed by atoms with Gasteiger partial charge in [0.2, 0.25) is 0 Å².